The lowest BCUT2D eigenvalue weighted by molar-refractivity contribution is 0.123. The molecule has 0 bridgehead atoms. The van der Waals surface area contributed by atoms with E-state index >= 15 is 0 Å². The minimum atomic E-state index is 0.0357. The van der Waals surface area contributed by atoms with Crippen LogP contribution in [0.25, 0.3) is 0 Å². The van der Waals surface area contributed by atoms with Gasteiger partial charge in [0.15, 0.2) is 12.2 Å². The highest BCUT2D eigenvalue weighted by atomic mass is 16.6. The second kappa shape index (κ2) is 2.79. The van der Waals surface area contributed by atoms with Crippen LogP contribution in [-0.2, 0) is 0 Å². The molecule has 2 nitrogen and oxygen atoms in total. The van der Waals surface area contributed by atoms with E-state index in [0.29, 0.717) is 0 Å². The summed E-state index contributed by atoms with van der Waals surface area (Å²) in [6.45, 7) is 0. The first-order valence-corrected chi connectivity index (χ1v) is 5.45. The SMILES string of the molecule is c1ccc2c(c1)O[C@H]1c3ccccc3O[C@@H]21. The van der Waals surface area contributed by atoms with Gasteiger partial charge >= 0.3 is 0 Å². The van der Waals surface area contributed by atoms with Crippen LogP contribution in [0.3, 0.4) is 0 Å². The summed E-state index contributed by atoms with van der Waals surface area (Å²) in [7, 11) is 0. The molecule has 0 amide bonds. The number of ether oxygens (including phenoxy) is 2. The Morgan fingerprint density at radius 2 is 1.06 bits per heavy atom. The number of para-hydroxylation sites is 2. The van der Waals surface area contributed by atoms with Gasteiger partial charge in [-0.05, 0) is 12.1 Å². The summed E-state index contributed by atoms with van der Waals surface area (Å²) in [6, 6.07) is 16.2. The van der Waals surface area contributed by atoms with Crippen molar-refractivity contribution in [1.82, 2.24) is 0 Å². The molecule has 0 fully saturated rings. The van der Waals surface area contributed by atoms with Gasteiger partial charge in [-0.15, -0.1) is 0 Å². The molecule has 0 N–H and O–H groups in total. The summed E-state index contributed by atoms with van der Waals surface area (Å²) in [6.07, 6.45) is 0.0715. The van der Waals surface area contributed by atoms with Crippen molar-refractivity contribution < 1.29 is 9.47 Å². The number of hydrogen-bond acceptors (Lipinski definition) is 2. The van der Waals surface area contributed by atoms with Crippen LogP contribution < -0.4 is 9.47 Å². The molecule has 0 unspecified atom stereocenters. The third-order valence-corrected chi connectivity index (χ3v) is 3.23. The number of rotatable bonds is 0. The minimum absolute atomic E-state index is 0.0357. The Hall–Kier alpha value is -1.96. The van der Waals surface area contributed by atoms with Crippen LogP contribution in [0.2, 0.25) is 0 Å². The second-order valence-corrected chi connectivity index (χ2v) is 4.15. The molecule has 0 aromatic heterocycles. The lowest BCUT2D eigenvalue weighted by atomic mass is 10.0. The molecule has 2 heteroatoms. The average Bonchev–Trinajstić information content (AvgIpc) is 2.85. The predicted molar refractivity (Wildman–Crippen MR) is 59.6 cm³/mol. The summed E-state index contributed by atoms with van der Waals surface area (Å²) in [4.78, 5) is 0. The fourth-order valence-corrected chi connectivity index (χ4v) is 2.50. The van der Waals surface area contributed by atoms with Crippen LogP contribution in [0.5, 0.6) is 11.5 Å². The number of fused-ring (bicyclic) bond motifs is 5. The highest BCUT2D eigenvalue weighted by Crippen LogP contribution is 2.53. The lowest BCUT2D eigenvalue weighted by Crippen LogP contribution is -2.05. The van der Waals surface area contributed by atoms with Gasteiger partial charge in [-0.1, -0.05) is 36.4 Å². The molecule has 2 heterocycles. The van der Waals surface area contributed by atoms with Gasteiger partial charge in [0.2, 0.25) is 0 Å². The first-order chi connectivity index (χ1) is 7.93. The van der Waals surface area contributed by atoms with Gasteiger partial charge in [0.1, 0.15) is 11.5 Å². The van der Waals surface area contributed by atoms with E-state index < -0.39 is 0 Å². The average molecular weight is 210 g/mol. The van der Waals surface area contributed by atoms with Gasteiger partial charge in [-0.2, -0.15) is 0 Å². The van der Waals surface area contributed by atoms with E-state index in [9.17, 15) is 0 Å². The molecule has 2 aromatic rings. The second-order valence-electron chi connectivity index (χ2n) is 4.15. The van der Waals surface area contributed by atoms with Crippen molar-refractivity contribution in [3.8, 4) is 11.5 Å². The summed E-state index contributed by atoms with van der Waals surface area (Å²) in [5.74, 6) is 1.90. The molecule has 2 aliphatic heterocycles. The Balaban J connectivity index is 1.86. The highest BCUT2D eigenvalue weighted by Gasteiger charge is 2.43. The molecular formula is C14H10O2. The van der Waals surface area contributed by atoms with Crippen molar-refractivity contribution in [3.05, 3.63) is 59.7 Å². The molecule has 2 aromatic carbocycles. The van der Waals surface area contributed by atoms with Crippen molar-refractivity contribution in [2.75, 3.05) is 0 Å². The molecule has 0 spiro atoms. The van der Waals surface area contributed by atoms with Gasteiger partial charge in [-0.25, -0.2) is 0 Å². The Bertz CT molecular complexity index is 511. The summed E-state index contributed by atoms with van der Waals surface area (Å²) >= 11 is 0. The van der Waals surface area contributed by atoms with Crippen LogP contribution in [0.15, 0.2) is 48.5 Å². The van der Waals surface area contributed by atoms with Crippen LogP contribution in [0, 0.1) is 0 Å². The van der Waals surface area contributed by atoms with Crippen LogP contribution in [-0.4, -0.2) is 0 Å². The third-order valence-electron chi connectivity index (χ3n) is 3.23. The lowest BCUT2D eigenvalue weighted by Gasteiger charge is -2.07. The van der Waals surface area contributed by atoms with Gasteiger partial charge < -0.3 is 9.47 Å². The van der Waals surface area contributed by atoms with E-state index in [1.165, 1.54) is 0 Å². The van der Waals surface area contributed by atoms with E-state index in [1.54, 1.807) is 0 Å². The normalized spacial score (nSPS) is 24.0. The number of benzene rings is 2. The summed E-state index contributed by atoms with van der Waals surface area (Å²) in [5.41, 5.74) is 2.31. The maximum Gasteiger partial charge on any atom is 0.168 e. The van der Waals surface area contributed by atoms with Crippen molar-refractivity contribution >= 4 is 0 Å². The standard InChI is InChI=1S/C14H10O2/c1-3-7-11-9(5-1)13-14(15-11)10-6-2-4-8-12(10)16-13/h1-8,13-14H/t13-,14-/m0/s1. The van der Waals surface area contributed by atoms with Crippen molar-refractivity contribution in [3.63, 3.8) is 0 Å². The smallest absolute Gasteiger partial charge is 0.168 e. The Kier molecular flexibility index (Phi) is 1.43. The van der Waals surface area contributed by atoms with Crippen molar-refractivity contribution in [2.24, 2.45) is 0 Å². The predicted octanol–water partition coefficient (Wildman–Crippen LogP) is 3.25. The zero-order valence-electron chi connectivity index (χ0n) is 8.59. The minimum Gasteiger partial charge on any atom is -0.481 e. The van der Waals surface area contributed by atoms with E-state index in [4.69, 9.17) is 9.47 Å². The molecule has 0 saturated carbocycles. The molecule has 16 heavy (non-hydrogen) atoms. The molecular weight excluding hydrogens is 200 g/mol. The monoisotopic (exact) mass is 210 g/mol. The van der Waals surface area contributed by atoms with E-state index in [-0.39, 0.29) is 12.2 Å². The van der Waals surface area contributed by atoms with Gasteiger partial charge in [0, 0.05) is 11.1 Å². The van der Waals surface area contributed by atoms with Gasteiger partial charge in [0.05, 0.1) is 0 Å². The molecule has 2 atom stereocenters. The fraction of sp³-hybridized carbons (Fsp3) is 0.143. The van der Waals surface area contributed by atoms with Crippen molar-refractivity contribution in [1.29, 1.82) is 0 Å². The zero-order valence-corrected chi connectivity index (χ0v) is 8.59. The fourth-order valence-electron chi connectivity index (χ4n) is 2.50. The number of hydrogen-bond donors (Lipinski definition) is 0. The topological polar surface area (TPSA) is 18.5 Å². The zero-order chi connectivity index (χ0) is 10.5. The maximum atomic E-state index is 5.93. The Labute approximate surface area is 93.4 Å². The van der Waals surface area contributed by atoms with Crippen LogP contribution in [0.1, 0.15) is 23.3 Å². The molecule has 0 saturated heterocycles. The molecule has 2 aliphatic rings. The van der Waals surface area contributed by atoms with Crippen LogP contribution in [0.4, 0.5) is 0 Å². The molecule has 78 valence electrons. The highest BCUT2D eigenvalue weighted by molar-refractivity contribution is 5.49. The van der Waals surface area contributed by atoms with E-state index in [0.717, 1.165) is 22.6 Å². The van der Waals surface area contributed by atoms with Gasteiger partial charge in [-0.3, -0.25) is 0 Å². The largest absolute Gasteiger partial charge is 0.481 e. The molecule has 0 aliphatic carbocycles. The summed E-state index contributed by atoms with van der Waals surface area (Å²) in [5, 5.41) is 0. The van der Waals surface area contributed by atoms with Gasteiger partial charge in [0.25, 0.3) is 0 Å². The third kappa shape index (κ3) is 0.915. The molecule has 0 radical (unpaired) electrons. The van der Waals surface area contributed by atoms with Crippen molar-refractivity contribution in [2.45, 2.75) is 12.2 Å². The Morgan fingerprint density at radius 3 is 1.56 bits per heavy atom. The van der Waals surface area contributed by atoms with E-state index in [1.807, 2.05) is 36.4 Å². The first kappa shape index (κ1) is 8.22. The first-order valence-electron chi connectivity index (χ1n) is 5.45. The van der Waals surface area contributed by atoms with E-state index in [2.05, 4.69) is 12.1 Å². The summed E-state index contributed by atoms with van der Waals surface area (Å²) < 4.78 is 11.9. The maximum absolute atomic E-state index is 5.93. The molecule has 4 rings (SSSR count). The van der Waals surface area contributed by atoms with Crippen LogP contribution >= 0.6 is 0 Å². The quantitative estimate of drug-likeness (QED) is 0.664. The Morgan fingerprint density at radius 1 is 0.625 bits per heavy atom.